The number of hydrogen-bond acceptors (Lipinski definition) is 4. The summed E-state index contributed by atoms with van der Waals surface area (Å²) in [6.45, 7) is 0. The van der Waals surface area contributed by atoms with Crippen LogP contribution in [0.15, 0.2) is 10.7 Å². The third-order valence-corrected chi connectivity index (χ3v) is 4.19. The zero-order chi connectivity index (χ0) is 12.0. The van der Waals surface area contributed by atoms with Gasteiger partial charge in [0.2, 0.25) is 0 Å². The van der Waals surface area contributed by atoms with E-state index in [1.165, 1.54) is 19.1 Å². The predicted octanol–water partition coefficient (Wildman–Crippen LogP) is 1.71. The van der Waals surface area contributed by atoms with Crippen LogP contribution in [0.25, 0.3) is 0 Å². The van der Waals surface area contributed by atoms with Crippen molar-refractivity contribution in [3.05, 3.63) is 17.8 Å². The summed E-state index contributed by atoms with van der Waals surface area (Å²) in [6, 6.07) is 1.22. The number of nitrogens with zero attached hydrogens (tertiary/aromatic N) is 2. The van der Waals surface area contributed by atoms with E-state index in [1.807, 2.05) is 0 Å². The molecule has 2 fully saturated rings. The highest BCUT2D eigenvalue weighted by molar-refractivity contribution is 5.84. The van der Waals surface area contributed by atoms with Gasteiger partial charge in [-0.05, 0) is 32.7 Å². The van der Waals surface area contributed by atoms with Gasteiger partial charge in [0.05, 0.1) is 0 Å². The molecule has 5 nitrogen and oxygen atoms in total. The maximum Gasteiger partial charge on any atom is 0.357 e. The van der Waals surface area contributed by atoms with Crippen LogP contribution in [0.1, 0.15) is 48.0 Å². The molecule has 0 spiro atoms. The smallest absolute Gasteiger partial charge is 0.357 e. The Morgan fingerprint density at radius 3 is 2.65 bits per heavy atom. The molecule has 2 aliphatic heterocycles. The molecule has 3 heterocycles. The zero-order valence-corrected chi connectivity index (χ0v) is 9.80. The van der Waals surface area contributed by atoms with Crippen LogP contribution < -0.4 is 0 Å². The van der Waals surface area contributed by atoms with Crippen molar-refractivity contribution in [3.8, 4) is 0 Å². The molecule has 2 unspecified atom stereocenters. The quantitative estimate of drug-likeness (QED) is 0.846. The molecule has 0 aliphatic carbocycles. The molecule has 0 aromatic carbocycles. The van der Waals surface area contributed by atoms with Gasteiger partial charge in [-0.25, -0.2) is 9.78 Å². The Morgan fingerprint density at radius 1 is 1.47 bits per heavy atom. The van der Waals surface area contributed by atoms with Crippen LogP contribution in [0.4, 0.5) is 0 Å². The Morgan fingerprint density at radius 2 is 2.12 bits per heavy atom. The Kier molecular flexibility index (Phi) is 2.43. The number of aromatic carboxylic acids is 1. The van der Waals surface area contributed by atoms with E-state index in [0.717, 1.165) is 12.8 Å². The maximum absolute atomic E-state index is 10.8. The summed E-state index contributed by atoms with van der Waals surface area (Å²) in [5, 5.41) is 8.82. The number of hydrogen-bond donors (Lipinski definition) is 1. The number of oxazole rings is 1. The molecule has 2 saturated heterocycles. The van der Waals surface area contributed by atoms with E-state index < -0.39 is 5.97 Å². The Labute approximate surface area is 99.4 Å². The molecule has 0 amide bonds. The number of rotatable bonds is 2. The lowest BCUT2D eigenvalue weighted by molar-refractivity contribution is 0.0690. The van der Waals surface area contributed by atoms with Gasteiger partial charge in [-0.15, -0.1) is 0 Å². The highest BCUT2D eigenvalue weighted by Crippen LogP contribution is 2.41. The summed E-state index contributed by atoms with van der Waals surface area (Å²) in [5.41, 5.74) is 0.0197. The van der Waals surface area contributed by atoms with Gasteiger partial charge in [0.1, 0.15) is 6.26 Å². The summed E-state index contributed by atoms with van der Waals surface area (Å²) < 4.78 is 5.31. The van der Waals surface area contributed by atoms with Gasteiger partial charge < -0.3 is 14.4 Å². The van der Waals surface area contributed by atoms with Crippen molar-refractivity contribution in [2.45, 2.75) is 43.7 Å². The van der Waals surface area contributed by atoms with Crippen LogP contribution in [0.3, 0.4) is 0 Å². The molecular weight excluding hydrogens is 220 g/mol. The average Bonchev–Trinajstić information content (AvgIpc) is 2.83. The molecule has 17 heavy (non-hydrogen) atoms. The fraction of sp³-hybridized carbons (Fsp3) is 0.667. The number of fused-ring (bicyclic) bond motifs is 2. The predicted molar refractivity (Wildman–Crippen MR) is 60.0 cm³/mol. The van der Waals surface area contributed by atoms with E-state index in [2.05, 4.69) is 16.9 Å². The molecule has 5 heteroatoms. The highest BCUT2D eigenvalue weighted by Gasteiger charge is 2.40. The molecular formula is C12H16N2O3. The summed E-state index contributed by atoms with van der Waals surface area (Å²) in [5.74, 6) is -0.125. The number of piperidine rings is 1. The van der Waals surface area contributed by atoms with E-state index in [0.29, 0.717) is 18.0 Å². The fourth-order valence-corrected chi connectivity index (χ4v) is 3.19. The van der Waals surface area contributed by atoms with Crippen molar-refractivity contribution in [1.29, 1.82) is 0 Å². The second kappa shape index (κ2) is 3.84. The van der Waals surface area contributed by atoms with Gasteiger partial charge in [-0.3, -0.25) is 0 Å². The Balaban J connectivity index is 1.79. The van der Waals surface area contributed by atoms with Crippen molar-refractivity contribution in [2.75, 3.05) is 7.05 Å². The van der Waals surface area contributed by atoms with Gasteiger partial charge in [-0.1, -0.05) is 0 Å². The van der Waals surface area contributed by atoms with Gasteiger partial charge in [0, 0.05) is 18.0 Å². The first-order valence-electron chi connectivity index (χ1n) is 6.06. The molecule has 2 bridgehead atoms. The standard InChI is InChI=1S/C12H16N2O3/c1-14-8-2-3-9(14)5-7(4-8)11-13-10(6-17-11)12(15)16/h6-9H,2-5H2,1H3,(H,15,16). The normalized spacial score (nSPS) is 32.9. The van der Waals surface area contributed by atoms with Crippen LogP contribution >= 0.6 is 0 Å². The van der Waals surface area contributed by atoms with Crippen molar-refractivity contribution < 1.29 is 14.3 Å². The van der Waals surface area contributed by atoms with E-state index in [1.54, 1.807) is 0 Å². The van der Waals surface area contributed by atoms with E-state index >= 15 is 0 Å². The molecule has 1 aromatic rings. The lowest BCUT2D eigenvalue weighted by Gasteiger charge is -2.34. The average molecular weight is 236 g/mol. The Bertz CT molecular complexity index is 429. The van der Waals surface area contributed by atoms with Crippen LogP contribution in [0, 0.1) is 0 Å². The van der Waals surface area contributed by atoms with Crippen LogP contribution in [0.5, 0.6) is 0 Å². The number of aromatic nitrogens is 1. The van der Waals surface area contributed by atoms with E-state index in [-0.39, 0.29) is 11.6 Å². The van der Waals surface area contributed by atoms with E-state index in [4.69, 9.17) is 9.52 Å². The molecule has 2 atom stereocenters. The van der Waals surface area contributed by atoms with Crippen LogP contribution in [-0.4, -0.2) is 40.1 Å². The van der Waals surface area contributed by atoms with Gasteiger partial charge in [0.15, 0.2) is 11.6 Å². The summed E-state index contributed by atoms with van der Waals surface area (Å²) in [4.78, 5) is 17.3. The molecule has 92 valence electrons. The maximum atomic E-state index is 10.8. The molecule has 1 N–H and O–H groups in total. The zero-order valence-electron chi connectivity index (χ0n) is 9.80. The lowest BCUT2D eigenvalue weighted by atomic mass is 9.91. The third kappa shape index (κ3) is 1.74. The van der Waals surface area contributed by atoms with Gasteiger partial charge >= 0.3 is 5.97 Å². The monoisotopic (exact) mass is 236 g/mol. The van der Waals surface area contributed by atoms with Gasteiger partial charge in [0.25, 0.3) is 0 Å². The molecule has 1 aromatic heterocycles. The molecule has 0 radical (unpaired) electrons. The van der Waals surface area contributed by atoms with Crippen LogP contribution in [-0.2, 0) is 0 Å². The van der Waals surface area contributed by atoms with E-state index in [9.17, 15) is 4.79 Å². The number of carbonyl (C=O) groups is 1. The summed E-state index contributed by atoms with van der Waals surface area (Å²) in [7, 11) is 2.18. The van der Waals surface area contributed by atoms with Crippen molar-refractivity contribution in [2.24, 2.45) is 0 Å². The van der Waals surface area contributed by atoms with Crippen LogP contribution in [0.2, 0.25) is 0 Å². The first-order valence-corrected chi connectivity index (χ1v) is 6.06. The molecule has 3 rings (SSSR count). The number of carboxylic acids is 1. The summed E-state index contributed by atoms with van der Waals surface area (Å²) >= 11 is 0. The topological polar surface area (TPSA) is 66.6 Å². The largest absolute Gasteiger partial charge is 0.476 e. The minimum absolute atomic E-state index is 0.0197. The fourth-order valence-electron chi connectivity index (χ4n) is 3.19. The minimum atomic E-state index is -1.02. The number of carboxylic acid groups (broad SMARTS) is 1. The van der Waals surface area contributed by atoms with Gasteiger partial charge in [-0.2, -0.15) is 0 Å². The third-order valence-electron chi connectivity index (χ3n) is 4.19. The Hall–Kier alpha value is -1.36. The van der Waals surface area contributed by atoms with Crippen molar-refractivity contribution in [3.63, 3.8) is 0 Å². The minimum Gasteiger partial charge on any atom is -0.476 e. The molecule has 0 saturated carbocycles. The SMILES string of the molecule is CN1C2CCC1CC(c1nc(C(=O)O)co1)C2. The first-order chi connectivity index (χ1) is 8.15. The summed E-state index contributed by atoms with van der Waals surface area (Å²) in [6.07, 6.45) is 5.80. The van der Waals surface area contributed by atoms with Crippen molar-refractivity contribution in [1.82, 2.24) is 9.88 Å². The lowest BCUT2D eigenvalue weighted by Crippen LogP contribution is -2.39. The second-order valence-electron chi connectivity index (χ2n) is 5.09. The second-order valence-corrected chi connectivity index (χ2v) is 5.09. The highest BCUT2D eigenvalue weighted by atomic mass is 16.4. The van der Waals surface area contributed by atoms with Crippen molar-refractivity contribution >= 4 is 5.97 Å². The first kappa shape index (κ1) is 10.8. The molecule has 2 aliphatic rings.